The number of carbonyl (C=O) groups excluding carboxylic acids is 1. The minimum Gasteiger partial charge on any atom is -0.465 e. The zero-order valence-corrected chi connectivity index (χ0v) is 14.0. The summed E-state index contributed by atoms with van der Waals surface area (Å²) in [7, 11) is 0. The van der Waals surface area contributed by atoms with Crippen LogP contribution in [0.1, 0.15) is 61.3 Å². The van der Waals surface area contributed by atoms with Crippen LogP contribution in [0.5, 0.6) is 0 Å². The summed E-state index contributed by atoms with van der Waals surface area (Å²) in [4.78, 5) is 14.4. The molecule has 0 saturated heterocycles. The van der Waals surface area contributed by atoms with Crippen molar-refractivity contribution in [1.82, 2.24) is 4.90 Å². The highest BCUT2D eigenvalue weighted by Gasteiger charge is 2.29. The predicted octanol–water partition coefficient (Wildman–Crippen LogP) is 3.72. The molecule has 0 saturated carbocycles. The number of hydrogen-bond donors (Lipinski definition) is 0. The van der Waals surface area contributed by atoms with Gasteiger partial charge in [0.2, 0.25) is 0 Å². The lowest BCUT2D eigenvalue weighted by Crippen LogP contribution is -2.33. The van der Waals surface area contributed by atoms with Gasteiger partial charge < -0.3 is 9.64 Å². The van der Waals surface area contributed by atoms with E-state index in [2.05, 4.69) is 39.5 Å². The quantitative estimate of drug-likeness (QED) is 0.630. The molecule has 0 aliphatic carbocycles. The number of carbonyl (C=O) groups is 1. The molecule has 0 amide bonds. The second kappa shape index (κ2) is 7.88. The number of hydrogen-bond acceptors (Lipinski definition) is 3. The van der Waals surface area contributed by atoms with Crippen molar-refractivity contribution in [3.8, 4) is 0 Å². The molecule has 114 valence electrons. The van der Waals surface area contributed by atoms with Crippen LogP contribution in [0, 0.1) is 10.8 Å². The van der Waals surface area contributed by atoms with E-state index < -0.39 is 0 Å². The van der Waals surface area contributed by atoms with Crippen LogP contribution in [-0.2, 0) is 9.53 Å². The van der Waals surface area contributed by atoms with Crippen LogP contribution in [-0.4, -0.2) is 37.1 Å². The largest absolute Gasteiger partial charge is 0.465 e. The fraction of sp³-hybridized carbons (Fsp3) is 0.938. The summed E-state index contributed by atoms with van der Waals surface area (Å²) in [6.07, 6.45) is 1.76. The lowest BCUT2D eigenvalue weighted by atomic mass is 9.89. The Morgan fingerprint density at radius 1 is 1.00 bits per heavy atom. The number of rotatable bonds is 8. The fourth-order valence-electron chi connectivity index (χ4n) is 1.72. The summed E-state index contributed by atoms with van der Waals surface area (Å²) in [5.74, 6) is -0.0658. The Labute approximate surface area is 119 Å². The average Bonchev–Trinajstić information content (AvgIpc) is 2.28. The molecule has 0 bridgehead atoms. The van der Waals surface area contributed by atoms with Crippen LogP contribution in [0.2, 0.25) is 0 Å². The van der Waals surface area contributed by atoms with Gasteiger partial charge in [0.25, 0.3) is 0 Å². The molecule has 0 aromatic rings. The number of nitrogens with zero attached hydrogens (tertiary/aromatic N) is 1. The molecule has 0 spiro atoms. The maximum Gasteiger partial charge on any atom is 0.311 e. The van der Waals surface area contributed by atoms with Gasteiger partial charge in [-0.15, -0.1) is 0 Å². The molecule has 0 aromatic carbocycles. The molecular formula is C16H33NO2. The monoisotopic (exact) mass is 271 g/mol. The van der Waals surface area contributed by atoms with Gasteiger partial charge in [-0.05, 0) is 51.7 Å². The van der Waals surface area contributed by atoms with E-state index in [4.69, 9.17) is 4.74 Å². The highest BCUT2D eigenvalue weighted by Crippen LogP contribution is 2.24. The van der Waals surface area contributed by atoms with E-state index in [1.165, 1.54) is 0 Å². The smallest absolute Gasteiger partial charge is 0.311 e. The molecule has 3 nitrogen and oxygen atoms in total. The number of esters is 1. The molecule has 0 rings (SSSR count). The lowest BCUT2D eigenvalue weighted by Gasteiger charge is -2.27. The first kappa shape index (κ1) is 18.4. The number of ether oxygens (including phenoxy) is 1. The van der Waals surface area contributed by atoms with Crippen LogP contribution in [0.4, 0.5) is 0 Å². The van der Waals surface area contributed by atoms with E-state index in [1.807, 2.05) is 13.8 Å². The zero-order chi connectivity index (χ0) is 15.1. The summed E-state index contributed by atoms with van der Waals surface area (Å²) in [6, 6.07) is 0. The van der Waals surface area contributed by atoms with Gasteiger partial charge in [0.1, 0.15) is 0 Å². The fourth-order valence-corrected chi connectivity index (χ4v) is 1.72. The van der Waals surface area contributed by atoms with Crippen LogP contribution in [0.3, 0.4) is 0 Å². The Balaban J connectivity index is 4.13. The van der Waals surface area contributed by atoms with E-state index >= 15 is 0 Å². The maximum atomic E-state index is 12.1. The second-order valence-corrected chi connectivity index (χ2v) is 7.11. The molecule has 0 atom stereocenters. The van der Waals surface area contributed by atoms with Gasteiger partial charge in [-0.25, -0.2) is 0 Å². The van der Waals surface area contributed by atoms with Gasteiger partial charge >= 0.3 is 5.97 Å². The molecule has 0 unspecified atom stereocenters. The predicted molar refractivity (Wildman–Crippen MR) is 81.2 cm³/mol. The third kappa shape index (κ3) is 8.25. The topological polar surface area (TPSA) is 29.5 Å². The highest BCUT2D eigenvalue weighted by molar-refractivity contribution is 5.75. The molecule has 0 radical (unpaired) electrons. The van der Waals surface area contributed by atoms with Gasteiger partial charge in [-0.3, -0.25) is 4.79 Å². The van der Waals surface area contributed by atoms with E-state index in [0.29, 0.717) is 6.61 Å². The van der Waals surface area contributed by atoms with Crippen molar-refractivity contribution in [2.24, 2.45) is 10.8 Å². The Kier molecular flexibility index (Phi) is 7.65. The molecule has 3 heteroatoms. The Bertz CT molecular complexity index is 262. The summed E-state index contributed by atoms with van der Waals surface area (Å²) in [6.45, 7) is 18.3. The molecule has 0 fully saturated rings. The van der Waals surface area contributed by atoms with Crippen LogP contribution in [0.25, 0.3) is 0 Å². The van der Waals surface area contributed by atoms with Crippen LogP contribution < -0.4 is 0 Å². The summed E-state index contributed by atoms with van der Waals surface area (Å²) >= 11 is 0. The van der Waals surface area contributed by atoms with Crippen molar-refractivity contribution in [1.29, 1.82) is 0 Å². The van der Waals surface area contributed by atoms with Gasteiger partial charge in [-0.1, -0.05) is 34.6 Å². The van der Waals surface area contributed by atoms with Crippen molar-refractivity contribution in [2.45, 2.75) is 61.3 Å². The molecule has 0 N–H and O–H groups in total. The Hall–Kier alpha value is -0.570. The van der Waals surface area contributed by atoms with Gasteiger partial charge in [0.05, 0.1) is 12.0 Å². The van der Waals surface area contributed by atoms with Crippen LogP contribution >= 0.6 is 0 Å². The minimum atomic E-state index is -0.388. The minimum absolute atomic E-state index is 0.0658. The van der Waals surface area contributed by atoms with E-state index in [0.717, 1.165) is 32.5 Å². The molecule has 0 aromatic heterocycles. The maximum absolute atomic E-state index is 12.1. The van der Waals surface area contributed by atoms with Crippen molar-refractivity contribution in [3.05, 3.63) is 0 Å². The summed E-state index contributed by atoms with van der Waals surface area (Å²) in [5, 5.41) is 0. The summed E-state index contributed by atoms with van der Waals surface area (Å²) < 4.78 is 5.42. The molecular weight excluding hydrogens is 238 g/mol. The van der Waals surface area contributed by atoms with E-state index in [-0.39, 0.29) is 16.8 Å². The van der Waals surface area contributed by atoms with Crippen LogP contribution in [0.15, 0.2) is 0 Å². The first-order chi connectivity index (χ1) is 8.62. The van der Waals surface area contributed by atoms with Crippen molar-refractivity contribution < 1.29 is 9.53 Å². The Morgan fingerprint density at radius 3 is 1.95 bits per heavy atom. The van der Waals surface area contributed by atoms with Crippen molar-refractivity contribution in [2.75, 3.05) is 26.2 Å². The lowest BCUT2D eigenvalue weighted by molar-refractivity contribution is -0.155. The highest BCUT2D eigenvalue weighted by atomic mass is 16.5. The Morgan fingerprint density at radius 2 is 1.53 bits per heavy atom. The van der Waals surface area contributed by atoms with Gasteiger partial charge in [0, 0.05) is 0 Å². The van der Waals surface area contributed by atoms with Gasteiger partial charge in [-0.2, -0.15) is 0 Å². The first-order valence-corrected chi connectivity index (χ1v) is 7.52. The molecule has 0 aliphatic rings. The SMILES string of the molecule is CCN(CC)CCC(C)(C)C(=O)OCCC(C)(C)C. The standard InChI is InChI=1S/C16H33NO2/c1-8-17(9-2)12-10-16(6,7)14(18)19-13-11-15(3,4)5/h8-13H2,1-7H3. The normalized spacial score (nSPS) is 12.8. The zero-order valence-electron chi connectivity index (χ0n) is 14.0. The van der Waals surface area contributed by atoms with Gasteiger partial charge in [0.15, 0.2) is 0 Å². The third-order valence-electron chi connectivity index (χ3n) is 3.59. The average molecular weight is 271 g/mol. The summed E-state index contributed by atoms with van der Waals surface area (Å²) in [5.41, 5.74) is -0.174. The third-order valence-corrected chi connectivity index (χ3v) is 3.59. The molecule has 0 aliphatic heterocycles. The van der Waals surface area contributed by atoms with E-state index in [1.54, 1.807) is 0 Å². The van der Waals surface area contributed by atoms with Crippen molar-refractivity contribution in [3.63, 3.8) is 0 Å². The van der Waals surface area contributed by atoms with Crippen molar-refractivity contribution >= 4 is 5.97 Å². The van der Waals surface area contributed by atoms with E-state index in [9.17, 15) is 4.79 Å². The molecule has 19 heavy (non-hydrogen) atoms. The first-order valence-electron chi connectivity index (χ1n) is 7.52. The second-order valence-electron chi connectivity index (χ2n) is 7.11. The molecule has 0 heterocycles.